The standard InChI is InChI=1S/C16H24N2O3/c1-3-12(6-7-19)9-17-11(2)13-4-5-15-14(8-13)18-16(20)10-21-15/h4-5,8,11-12,17,19H,3,6-7,9-10H2,1-2H3,(H,18,20). The Bertz CT molecular complexity index is 490. The summed E-state index contributed by atoms with van der Waals surface area (Å²) in [5, 5.41) is 15.3. The smallest absolute Gasteiger partial charge is 0.262 e. The van der Waals surface area contributed by atoms with Gasteiger partial charge in [-0.05, 0) is 43.5 Å². The van der Waals surface area contributed by atoms with Crippen molar-refractivity contribution in [2.24, 2.45) is 5.92 Å². The number of anilines is 1. The molecule has 1 heterocycles. The van der Waals surface area contributed by atoms with Crippen LogP contribution in [0.1, 0.15) is 38.3 Å². The number of ether oxygens (including phenoxy) is 1. The van der Waals surface area contributed by atoms with Gasteiger partial charge in [0, 0.05) is 12.6 Å². The Morgan fingerprint density at radius 3 is 3.00 bits per heavy atom. The highest BCUT2D eigenvalue weighted by molar-refractivity contribution is 5.95. The summed E-state index contributed by atoms with van der Waals surface area (Å²) >= 11 is 0. The minimum Gasteiger partial charge on any atom is -0.482 e. The third-order valence-corrected chi connectivity index (χ3v) is 3.96. The summed E-state index contributed by atoms with van der Waals surface area (Å²) < 4.78 is 5.36. The number of rotatable bonds is 7. The molecule has 116 valence electrons. The second kappa shape index (κ2) is 7.43. The van der Waals surface area contributed by atoms with Gasteiger partial charge in [0.05, 0.1) is 5.69 Å². The molecule has 2 atom stereocenters. The molecule has 2 unspecified atom stereocenters. The third kappa shape index (κ3) is 4.19. The summed E-state index contributed by atoms with van der Waals surface area (Å²) in [4.78, 5) is 11.4. The zero-order valence-electron chi connectivity index (χ0n) is 12.7. The lowest BCUT2D eigenvalue weighted by atomic mass is 10.0. The quantitative estimate of drug-likeness (QED) is 0.719. The van der Waals surface area contributed by atoms with Gasteiger partial charge in [-0.2, -0.15) is 0 Å². The number of aliphatic hydroxyl groups is 1. The fourth-order valence-electron chi connectivity index (χ4n) is 2.46. The molecule has 3 N–H and O–H groups in total. The maximum atomic E-state index is 11.4. The number of carbonyl (C=O) groups is 1. The summed E-state index contributed by atoms with van der Waals surface area (Å²) in [7, 11) is 0. The van der Waals surface area contributed by atoms with Gasteiger partial charge in [0.15, 0.2) is 6.61 Å². The molecule has 5 heteroatoms. The molecule has 1 amide bonds. The molecule has 0 spiro atoms. The predicted octanol–water partition coefficient (Wildman–Crippen LogP) is 2.08. The van der Waals surface area contributed by atoms with Crippen molar-refractivity contribution in [1.29, 1.82) is 0 Å². The van der Waals surface area contributed by atoms with Gasteiger partial charge in [0.2, 0.25) is 0 Å². The van der Waals surface area contributed by atoms with Gasteiger partial charge in [-0.25, -0.2) is 0 Å². The Hall–Kier alpha value is -1.59. The van der Waals surface area contributed by atoms with E-state index in [1.54, 1.807) is 0 Å². The number of nitrogens with one attached hydrogen (secondary N) is 2. The highest BCUT2D eigenvalue weighted by Gasteiger charge is 2.17. The van der Waals surface area contributed by atoms with Crippen LogP contribution in [0.25, 0.3) is 0 Å². The minimum absolute atomic E-state index is 0.0828. The number of carbonyl (C=O) groups excluding carboxylic acids is 1. The lowest BCUT2D eigenvalue weighted by Crippen LogP contribution is -2.27. The van der Waals surface area contributed by atoms with Gasteiger partial charge in [0.25, 0.3) is 5.91 Å². The Morgan fingerprint density at radius 1 is 1.48 bits per heavy atom. The van der Waals surface area contributed by atoms with Crippen LogP contribution in [0.15, 0.2) is 18.2 Å². The zero-order valence-corrected chi connectivity index (χ0v) is 12.7. The van der Waals surface area contributed by atoms with Gasteiger partial charge in [0.1, 0.15) is 5.75 Å². The molecule has 0 aromatic heterocycles. The van der Waals surface area contributed by atoms with Crippen molar-refractivity contribution in [2.75, 3.05) is 25.1 Å². The van der Waals surface area contributed by atoms with Gasteiger partial charge in [-0.1, -0.05) is 19.4 Å². The molecule has 0 saturated carbocycles. The van der Waals surface area contributed by atoms with Crippen molar-refractivity contribution in [3.8, 4) is 5.75 Å². The number of hydrogen-bond acceptors (Lipinski definition) is 4. The maximum absolute atomic E-state index is 11.4. The monoisotopic (exact) mass is 292 g/mol. The molecular weight excluding hydrogens is 268 g/mol. The number of benzene rings is 1. The van der Waals surface area contributed by atoms with E-state index >= 15 is 0 Å². The van der Waals surface area contributed by atoms with E-state index in [4.69, 9.17) is 9.84 Å². The van der Waals surface area contributed by atoms with Crippen molar-refractivity contribution in [3.05, 3.63) is 23.8 Å². The Morgan fingerprint density at radius 2 is 2.29 bits per heavy atom. The summed E-state index contributed by atoms with van der Waals surface area (Å²) in [5.74, 6) is 1.09. The van der Waals surface area contributed by atoms with Crippen LogP contribution in [0.3, 0.4) is 0 Å². The van der Waals surface area contributed by atoms with Crippen LogP contribution in [0.5, 0.6) is 5.75 Å². The Labute approximate surface area is 125 Å². The van der Waals surface area contributed by atoms with E-state index in [1.165, 1.54) is 0 Å². The van der Waals surface area contributed by atoms with Gasteiger partial charge in [-0.3, -0.25) is 4.79 Å². The summed E-state index contributed by atoms with van der Waals surface area (Å²) in [6.45, 7) is 5.42. The normalized spacial score (nSPS) is 16.6. The highest BCUT2D eigenvalue weighted by atomic mass is 16.5. The first kappa shape index (κ1) is 15.8. The van der Waals surface area contributed by atoms with Crippen LogP contribution in [-0.2, 0) is 4.79 Å². The second-order valence-electron chi connectivity index (χ2n) is 5.51. The fourth-order valence-corrected chi connectivity index (χ4v) is 2.46. The number of fused-ring (bicyclic) bond motifs is 1. The lowest BCUT2D eigenvalue weighted by molar-refractivity contribution is -0.118. The third-order valence-electron chi connectivity index (χ3n) is 3.96. The largest absolute Gasteiger partial charge is 0.482 e. The van der Waals surface area contributed by atoms with Crippen LogP contribution >= 0.6 is 0 Å². The van der Waals surface area contributed by atoms with Crippen LogP contribution in [0.2, 0.25) is 0 Å². The number of aliphatic hydroxyl groups excluding tert-OH is 1. The van der Waals surface area contributed by atoms with Gasteiger partial charge in [-0.15, -0.1) is 0 Å². The predicted molar refractivity (Wildman–Crippen MR) is 82.5 cm³/mol. The number of hydrogen-bond donors (Lipinski definition) is 3. The van der Waals surface area contributed by atoms with E-state index in [2.05, 4.69) is 24.5 Å². The van der Waals surface area contributed by atoms with Crippen LogP contribution in [0, 0.1) is 5.92 Å². The Balaban J connectivity index is 1.98. The highest BCUT2D eigenvalue weighted by Crippen LogP contribution is 2.30. The average molecular weight is 292 g/mol. The van der Waals surface area contributed by atoms with Crippen LogP contribution < -0.4 is 15.4 Å². The van der Waals surface area contributed by atoms with E-state index in [0.717, 1.165) is 36.4 Å². The second-order valence-corrected chi connectivity index (χ2v) is 5.51. The van der Waals surface area contributed by atoms with Gasteiger partial charge < -0.3 is 20.5 Å². The van der Waals surface area contributed by atoms with Crippen molar-refractivity contribution in [2.45, 2.75) is 32.7 Å². The molecule has 5 nitrogen and oxygen atoms in total. The summed E-state index contributed by atoms with van der Waals surface area (Å²) in [5.41, 5.74) is 1.85. The molecule has 1 aromatic rings. The van der Waals surface area contributed by atoms with Gasteiger partial charge >= 0.3 is 0 Å². The molecule has 0 bridgehead atoms. The van der Waals surface area contributed by atoms with Crippen LogP contribution in [-0.4, -0.2) is 30.8 Å². The van der Waals surface area contributed by atoms with E-state index in [9.17, 15) is 4.79 Å². The molecule has 1 aliphatic rings. The molecule has 0 aliphatic carbocycles. The molecular formula is C16H24N2O3. The number of amides is 1. The SMILES string of the molecule is CCC(CCO)CNC(C)c1ccc2c(c1)NC(=O)CO2. The van der Waals surface area contributed by atoms with Crippen molar-refractivity contribution >= 4 is 11.6 Å². The molecule has 1 aromatic carbocycles. The average Bonchev–Trinajstić information content (AvgIpc) is 2.50. The van der Waals surface area contributed by atoms with E-state index in [0.29, 0.717) is 5.92 Å². The van der Waals surface area contributed by atoms with E-state index < -0.39 is 0 Å². The summed E-state index contributed by atoms with van der Waals surface area (Å²) in [6.07, 6.45) is 1.87. The minimum atomic E-state index is -0.116. The molecule has 1 aliphatic heterocycles. The molecule has 0 saturated heterocycles. The first-order valence-corrected chi connectivity index (χ1v) is 7.54. The van der Waals surface area contributed by atoms with Crippen molar-refractivity contribution in [3.63, 3.8) is 0 Å². The Kier molecular flexibility index (Phi) is 5.59. The lowest BCUT2D eigenvalue weighted by Gasteiger charge is -2.22. The first-order chi connectivity index (χ1) is 10.1. The van der Waals surface area contributed by atoms with Crippen molar-refractivity contribution in [1.82, 2.24) is 5.32 Å². The molecule has 21 heavy (non-hydrogen) atoms. The summed E-state index contributed by atoms with van der Waals surface area (Å²) in [6, 6.07) is 6.05. The van der Waals surface area contributed by atoms with E-state index in [1.807, 2.05) is 18.2 Å². The zero-order chi connectivity index (χ0) is 15.2. The topological polar surface area (TPSA) is 70.6 Å². The first-order valence-electron chi connectivity index (χ1n) is 7.54. The molecule has 2 rings (SSSR count). The van der Waals surface area contributed by atoms with Crippen LogP contribution in [0.4, 0.5) is 5.69 Å². The van der Waals surface area contributed by atoms with E-state index in [-0.39, 0.29) is 25.2 Å². The molecule has 0 radical (unpaired) electrons. The fraction of sp³-hybridized carbons (Fsp3) is 0.562. The molecule has 0 fully saturated rings. The maximum Gasteiger partial charge on any atom is 0.262 e. The van der Waals surface area contributed by atoms with Crippen molar-refractivity contribution < 1.29 is 14.6 Å².